The van der Waals surface area contributed by atoms with Crippen LogP contribution in [0.15, 0.2) is 73.7 Å². The number of hydrogen-bond acceptors (Lipinski definition) is 5. The number of aromatic amines is 1. The summed E-state index contributed by atoms with van der Waals surface area (Å²) in [5, 5.41) is 3.46. The number of fused-ring (bicyclic) bond motifs is 1. The second-order valence-corrected chi connectivity index (χ2v) is 7.99. The van der Waals surface area contributed by atoms with Crippen LogP contribution in [0.4, 0.5) is 5.69 Å². The van der Waals surface area contributed by atoms with Gasteiger partial charge in [-0.3, -0.25) is 14.8 Å². The van der Waals surface area contributed by atoms with Gasteiger partial charge >= 0.3 is 0 Å². The molecule has 0 saturated carbocycles. The van der Waals surface area contributed by atoms with Gasteiger partial charge in [-0.1, -0.05) is 29.8 Å². The fourth-order valence-corrected chi connectivity index (χ4v) is 4.34. The largest absolute Gasteiger partial charge is 0.346 e. The number of hydrogen-bond donors (Lipinski definition) is 3. The van der Waals surface area contributed by atoms with Crippen LogP contribution >= 0.6 is 11.6 Å². The number of carbonyl (C=O) groups is 1. The molecular formula is C23H19ClN6O. The van der Waals surface area contributed by atoms with Gasteiger partial charge in [0.15, 0.2) is 0 Å². The van der Waals surface area contributed by atoms with Crippen molar-refractivity contribution in [3.8, 4) is 0 Å². The molecule has 4 N–H and O–H groups in total. The maximum Gasteiger partial charge on any atom is 0.225 e. The van der Waals surface area contributed by atoms with Crippen LogP contribution in [0.1, 0.15) is 40.3 Å². The van der Waals surface area contributed by atoms with E-state index in [9.17, 15) is 4.79 Å². The molecule has 31 heavy (non-hydrogen) atoms. The van der Waals surface area contributed by atoms with Crippen LogP contribution in [0.2, 0.25) is 5.02 Å². The monoisotopic (exact) mass is 430 g/mol. The molecule has 0 saturated heterocycles. The van der Waals surface area contributed by atoms with E-state index in [1.165, 1.54) is 0 Å². The number of aromatic nitrogens is 4. The highest BCUT2D eigenvalue weighted by Crippen LogP contribution is 2.41. The third-order valence-corrected chi connectivity index (χ3v) is 5.92. The zero-order valence-corrected chi connectivity index (χ0v) is 17.2. The van der Waals surface area contributed by atoms with Gasteiger partial charge in [0.2, 0.25) is 5.91 Å². The van der Waals surface area contributed by atoms with Crippen molar-refractivity contribution >= 4 is 23.2 Å². The van der Waals surface area contributed by atoms with E-state index in [1.807, 2.05) is 30.3 Å². The van der Waals surface area contributed by atoms with E-state index < -0.39 is 5.54 Å². The summed E-state index contributed by atoms with van der Waals surface area (Å²) in [7, 11) is 0. The number of halogens is 1. The van der Waals surface area contributed by atoms with Gasteiger partial charge in [0.1, 0.15) is 5.54 Å². The fourth-order valence-electron chi connectivity index (χ4n) is 4.16. The number of anilines is 1. The van der Waals surface area contributed by atoms with Crippen molar-refractivity contribution in [3.05, 3.63) is 107 Å². The first-order valence-corrected chi connectivity index (χ1v) is 10.2. The smallest absolute Gasteiger partial charge is 0.225 e. The summed E-state index contributed by atoms with van der Waals surface area (Å²) in [6, 6.07) is 11.5. The third kappa shape index (κ3) is 3.37. The average Bonchev–Trinajstić information content (AvgIpc) is 3.34. The molecule has 1 aliphatic rings. The van der Waals surface area contributed by atoms with Crippen molar-refractivity contribution < 1.29 is 4.79 Å². The molecular weight excluding hydrogens is 412 g/mol. The lowest BCUT2D eigenvalue weighted by atomic mass is 9.78. The lowest BCUT2D eigenvalue weighted by Crippen LogP contribution is -2.40. The Balaban J connectivity index is 1.70. The summed E-state index contributed by atoms with van der Waals surface area (Å²) in [5.74, 6) is -0.151. The molecule has 7 nitrogen and oxygen atoms in total. The van der Waals surface area contributed by atoms with Crippen LogP contribution < -0.4 is 11.1 Å². The Hall–Kier alpha value is -3.55. The number of nitrogens with one attached hydrogen (secondary N) is 2. The molecule has 1 aliphatic heterocycles. The lowest BCUT2D eigenvalue weighted by molar-refractivity contribution is -0.116. The van der Waals surface area contributed by atoms with Crippen LogP contribution in [0.25, 0.3) is 0 Å². The fraction of sp³-hybridized carbons (Fsp3) is 0.130. The van der Waals surface area contributed by atoms with Crippen LogP contribution in [0, 0.1) is 0 Å². The van der Waals surface area contributed by atoms with E-state index >= 15 is 0 Å². The second kappa shape index (κ2) is 7.61. The molecule has 0 spiro atoms. The predicted octanol–water partition coefficient (Wildman–Crippen LogP) is 3.58. The molecule has 5 rings (SSSR count). The number of nitrogens with zero attached hydrogens (tertiary/aromatic N) is 3. The summed E-state index contributed by atoms with van der Waals surface area (Å²) in [6.45, 7) is 0. The van der Waals surface area contributed by atoms with Gasteiger partial charge in [-0.2, -0.15) is 0 Å². The van der Waals surface area contributed by atoms with E-state index in [0.29, 0.717) is 17.1 Å². The third-order valence-electron chi connectivity index (χ3n) is 5.72. The SMILES string of the molecule is NC(c1cncc(Cl)c1)(c1ccc2c(c1)C(c1cccnc1)CC(=O)N2)c1cnc[nH]1. The Morgan fingerprint density at radius 2 is 1.94 bits per heavy atom. The van der Waals surface area contributed by atoms with E-state index in [2.05, 4.69) is 25.3 Å². The minimum atomic E-state index is -1.07. The molecule has 154 valence electrons. The van der Waals surface area contributed by atoms with Gasteiger partial charge in [-0.25, -0.2) is 4.98 Å². The molecule has 0 bridgehead atoms. The van der Waals surface area contributed by atoms with E-state index in [1.54, 1.807) is 43.4 Å². The summed E-state index contributed by atoms with van der Waals surface area (Å²) in [4.78, 5) is 28.1. The molecule has 3 aromatic heterocycles. The molecule has 2 atom stereocenters. The Kier molecular flexibility index (Phi) is 4.77. The Labute approximate surface area is 183 Å². The van der Waals surface area contributed by atoms with Gasteiger partial charge in [-0.05, 0) is 34.9 Å². The molecule has 1 amide bonds. The van der Waals surface area contributed by atoms with E-state index in [-0.39, 0.29) is 11.8 Å². The van der Waals surface area contributed by atoms with Crippen molar-refractivity contribution in [3.63, 3.8) is 0 Å². The van der Waals surface area contributed by atoms with Crippen LogP contribution in [0.5, 0.6) is 0 Å². The van der Waals surface area contributed by atoms with Gasteiger partial charge in [0, 0.05) is 48.4 Å². The van der Waals surface area contributed by atoms with Gasteiger partial charge in [0.05, 0.1) is 23.2 Å². The van der Waals surface area contributed by atoms with Gasteiger partial charge < -0.3 is 16.0 Å². The molecule has 8 heteroatoms. The molecule has 0 radical (unpaired) electrons. The standard InChI is InChI=1S/C23H19ClN6O/c24-17-6-16(10-27-11-17)23(25,21-12-28-13-29-21)15-3-4-20-19(7-15)18(8-22(31)30-20)14-2-1-5-26-9-14/h1-7,9-13,18H,8,25H2,(H,28,29)(H,30,31). The highest BCUT2D eigenvalue weighted by Gasteiger charge is 2.36. The predicted molar refractivity (Wildman–Crippen MR) is 118 cm³/mol. The number of carbonyl (C=O) groups excluding carboxylic acids is 1. The quantitative estimate of drug-likeness (QED) is 0.458. The summed E-state index contributed by atoms with van der Waals surface area (Å²) in [5.41, 5.74) is 11.0. The number of nitrogens with two attached hydrogens (primary N) is 1. The van der Waals surface area contributed by atoms with E-state index in [4.69, 9.17) is 17.3 Å². The maximum absolute atomic E-state index is 12.3. The van der Waals surface area contributed by atoms with Crippen LogP contribution in [-0.4, -0.2) is 25.8 Å². The van der Waals surface area contributed by atoms with Gasteiger partial charge in [0.25, 0.3) is 0 Å². The Bertz CT molecular complexity index is 1240. The first-order valence-electron chi connectivity index (χ1n) is 9.78. The minimum absolute atomic E-state index is 0.0271. The van der Waals surface area contributed by atoms with Gasteiger partial charge in [-0.15, -0.1) is 0 Å². The van der Waals surface area contributed by atoms with Crippen molar-refractivity contribution in [2.75, 3.05) is 5.32 Å². The highest BCUT2D eigenvalue weighted by atomic mass is 35.5. The molecule has 0 aliphatic carbocycles. The topological polar surface area (TPSA) is 110 Å². The summed E-state index contributed by atoms with van der Waals surface area (Å²) >= 11 is 6.24. The molecule has 4 aromatic rings. The highest BCUT2D eigenvalue weighted by molar-refractivity contribution is 6.30. The van der Waals surface area contributed by atoms with E-state index in [0.717, 1.165) is 27.9 Å². The number of rotatable bonds is 4. The van der Waals surface area contributed by atoms with Crippen LogP contribution in [0.3, 0.4) is 0 Å². The Morgan fingerprint density at radius 1 is 1.03 bits per heavy atom. The molecule has 2 unspecified atom stereocenters. The average molecular weight is 431 g/mol. The number of pyridine rings is 2. The van der Waals surface area contributed by atoms with Crippen molar-refractivity contribution in [1.82, 2.24) is 19.9 Å². The summed E-state index contributed by atoms with van der Waals surface area (Å²) in [6.07, 6.45) is 10.4. The zero-order valence-electron chi connectivity index (χ0n) is 16.4. The first-order chi connectivity index (χ1) is 15.1. The van der Waals surface area contributed by atoms with Crippen LogP contribution in [-0.2, 0) is 10.3 Å². The van der Waals surface area contributed by atoms with Crippen molar-refractivity contribution in [1.29, 1.82) is 0 Å². The lowest BCUT2D eigenvalue weighted by Gasteiger charge is -2.32. The van der Waals surface area contributed by atoms with Crippen molar-refractivity contribution in [2.45, 2.75) is 17.9 Å². The number of H-pyrrole nitrogens is 1. The normalized spacial score (nSPS) is 17.5. The summed E-state index contributed by atoms with van der Waals surface area (Å²) < 4.78 is 0. The molecule has 0 fully saturated rings. The van der Waals surface area contributed by atoms with Crippen molar-refractivity contribution in [2.24, 2.45) is 5.73 Å². The maximum atomic E-state index is 12.3. The molecule has 4 heterocycles. The number of benzene rings is 1. The Morgan fingerprint density at radius 3 is 2.68 bits per heavy atom. The minimum Gasteiger partial charge on any atom is -0.346 e. The second-order valence-electron chi connectivity index (χ2n) is 7.56. The number of amides is 1. The first kappa shape index (κ1) is 19.4. The molecule has 1 aromatic carbocycles. The zero-order chi connectivity index (χ0) is 21.4. The number of imidazole rings is 1.